The Morgan fingerprint density at radius 1 is 1.38 bits per heavy atom. The molecule has 1 aliphatic carbocycles. The summed E-state index contributed by atoms with van der Waals surface area (Å²) in [6, 6.07) is 0.991. The highest BCUT2D eigenvalue weighted by atomic mass is 19.3. The molecule has 5 nitrogen and oxygen atoms in total. The molecule has 1 fully saturated rings. The number of primary amides is 1. The lowest BCUT2D eigenvalue weighted by molar-refractivity contribution is -0.0121. The maximum atomic E-state index is 15.0. The summed E-state index contributed by atoms with van der Waals surface area (Å²) in [5, 5.41) is 0.349. The Bertz CT molecular complexity index is 892. The van der Waals surface area contributed by atoms with E-state index < -0.39 is 24.1 Å². The van der Waals surface area contributed by atoms with E-state index in [1.807, 2.05) is 0 Å². The number of anilines is 1. The van der Waals surface area contributed by atoms with Crippen molar-refractivity contribution < 1.29 is 18.0 Å². The molecule has 140 valence electrons. The number of H-pyrrole nitrogens is 1. The number of alkyl halides is 2. The molecule has 2 aliphatic rings. The molecule has 0 spiro atoms. The predicted molar refractivity (Wildman–Crippen MR) is 93.2 cm³/mol. The van der Waals surface area contributed by atoms with Crippen molar-refractivity contribution in [3.63, 3.8) is 0 Å². The van der Waals surface area contributed by atoms with Crippen molar-refractivity contribution in [1.82, 2.24) is 4.98 Å². The van der Waals surface area contributed by atoms with E-state index in [2.05, 4.69) is 4.98 Å². The number of aromatic nitrogens is 1. The number of nitrogens with one attached hydrogen (secondary N) is 1. The summed E-state index contributed by atoms with van der Waals surface area (Å²) in [7, 11) is 0. The molecule has 0 radical (unpaired) electrons. The topological polar surface area (TPSA) is 88.1 Å². The first-order chi connectivity index (χ1) is 12.3. The van der Waals surface area contributed by atoms with Crippen molar-refractivity contribution in [2.45, 2.75) is 44.1 Å². The molecule has 4 rings (SSSR count). The molecule has 1 aliphatic heterocycles. The van der Waals surface area contributed by atoms with Crippen LogP contribution in [0.3, 0.4) is 0 Å². The minimum absolute atomic E-state index is 0.0136. The highest BCUT2D eigenvalue weighted by molar-refractivity contribution is 6.10. The van der Waals surface area contributed by atoms with Crippen LogP contribution in [0.2, 0.25) is 0 Å². The summed E-state index contributed by atoms with van der Waals surface area (Å²) in [4.78, 5) is 16.7. The van der Waals surface area contributed by atoms with Crippen LogP contribution in [0.4, 0.5) is 18.9 Å². The van der Waals surface area contributed by atoms with Crippen LogP contribution in [0.25, 0.3) is 10.9 Å². The van der Waals surface area contributed by atoms with Crippen molar-refractivity contribution in [1.29, 1.82) is 0 Å². The number of nitrogens with zero attached hydrogens (tertiary/aromatic N) is 1. The lowest BCUT2D eigenvalue weighted by Crippen LogP contribution is -2.43. The van der Waals surface area contributed by atoms with Gasteiger partial charge in [0.2, 0.25) is 0 Å². The van der Waals surface area contributed by atoms with Crippen molar-refractivity contribution >= 4 is 22.5 Å². The Labute approximate surface area is 148 Å². The maximum Gasteiger partial charge on any atom is 0.252 e. The first-order valence-electron chi connectivity index (χ1n) is 8.81. The van der Waals surface area contributed by atoms with Crippen LogP contribution in [-0.2, 0) is 12.8 Å². The van der Waals surface area contributed by atoms with E-state index in [1.54, 1.807) is 4.90 Å². The molecule has 2 heterocycles. The van der Waals surface area contributed by atoms with Crippen molar-refractivity contribution in [3.8, 4) is 0 Å². The van der Waals surface area contributed by atoms with Gasteiger partial charge in [-0.05, 0) is 30.9 Å². The number of aryl methyl sites for hydroxylation is 1. The predicted octanol–water partition coefficient (Wildman–Crippen LogP) is 2.46. The summed E-state index contributed by atoms with van der Waals surface area (Å²) in [6.45, 7) is 1.03. The van der Waals surface area contributed by atoms with Crippen LogP contribution < -0.4 is 16.4 Å². The number of aromatic amines is 1. The number of benzene rings is 1. The van der Waals surface area contributed by atoms with Crippen LogP contribution in [-0.4, -0.2) is 35.9 Å². The van der Waals surface area contributed by atoms with Gasteiger partial charge < -0.3 is 21.4 Å². The number of carbonyl (C=O) groups excluding carboxylic acids is 1. The van der Waals surface area contributed by atoms with Gasteiger partial charge in [0, 0.05) is 43.1 Å². The number of fused-ring (bicyclic) bond motifs is 3. The molecule has 1 saturated heterocycles. The Kier molecular flexibility index (Phi) is 3.91. The fourth-order valence-electron chi connectivity index (χ4n) is 4.22. The summed E-state index contributed by atoms with van der Waals surface area (Å²) >= 11 is 0. The van der Waals surface area contributed by atoms with Gasteiger partial charge in [0.25, 0.3) is 11.8 Å². The number of piperidine rings is 1. The Morgan fingerprint density at radius 2 is 2.15 bits per heavy atom. The average molecular weight is 366 g/mol. The van der Waals surface area contributed by atoms with Crippen LogP contribution >= 0.6 is 0 Å². The number of rotatable bonds is 2. The molecule has 1 aromatic heterocycles. The van der Waals surface area contributed by atoms with Gasteiger partial charge in [0.15, 0.2) is 0 Å². The largest absolute Gasteiger partial charge is 0.367 e. The molecular formula is C18H21F3N4O. The number of hydrogen-bond acceptors (Lipinski definition) is 3. The molecule has 1 atom stereocenters. The SMILES string of the molecule is NC(=O)c1cc(F)c(N2CCCC(N)C2)c2c3c([nH]c12)CCC(F)(F)C3. The normalized spacial score (nSPS) is 22.5. The number of carbonyl (C=O) groups is 1. The van der Waals surface area contributed by atoms with Crippen molar-refractivity contribution in [2.24, 2.45) is 11.5 Å². The smallest absolute Gasteiger partial charge is 0.252 e. The van der Waals surface area contributed by atoms with Gasteiger partial charge >= 0.3 is 0 Å². The standard InChI is InChI=1S/C18H21F3N4O/c19-12-6-10(17(23)26)15-14(16(12)25-5-1-2-9(22)8-25)11-7-18(20,21)4-3-13(11)24-15/h6,9,24H,1-5,7-8,22H2,(H2,23,26). The fourth-order valence-corrected chi connectivity index (χ4v) is 4.22. The van der Waals surface area contributed by atoms with E-state index in [4.69, 9.17) is 11.5 Å². The zero-order valence-electron chi connectivity index (χ0n) is 14.2. The summed E-state index contributed by atoms with van der Waals surface area (Å²) < 4.78 is 43.1. The Morgan fingerprint density at radius 3 is 2.85 bits per heavy atom. The van der Waals surface area contributed by atoms with E-state index >= 15 is 4.39 Å². The van der Waals surface area contributed by atoms with Gasteiger partial charge in [-0.1, -0.05) is 0 Å². The molecule has 0 saturated carbocycles. The van der Waals surface area contributed by atoms with Gasteiger partial charge in [0.05, 0.1) is 16.8 Å². The van der Waals surface area contributed by atoms with E-state index in [0.717, 1.165) is 18.9 Å². The van der Waals surface area contributed by atoms with Gasteiger partial charge in [-0.3, -0.25) is 4.79 Å². The zero-order valence-corrected chi connectivity index (χ0v) is 14.2. The van der Waals surface area contributed by atoms with E-state index in [0.29, 0.717) is 35.2 Å². The molecule has 1 aromatic carbocycles. The molecule has 0 bridgehead atoms. The monoisotopic (exact) mass is 366 g/mol. The summed E-state index contributed by atoms with van der Waals surface area (Å²) in [6.07, 6.45) is 1.03. The first-order valence-corrected chi connectivity index (χ1v) is 8.81. The van der Waals surface area contributed by atoms with Crippen LogP contribution in [0.15, 0.2) is 6.07 Å². The van der Waals surface area contributed by atoms with E-state index in [1.165, 1.54) is 0 Å². The second-order valence-corrected chi connectivity index (χ2v) is 7.33. The Hall–Kier alpha value is -2.22. The van der Waals surface area contributed by atoms with Crippen LogP contribution in [0.5, 0.6) is 0 Å². The minimum atomic E-state index is -2.85. The highest BCUT2D eigenvalue weighted by Gasteiger charge is 2.38. The van der Waals surface area contributed by atoms with E-state index in [9.17, 15) is 13.6 Å². The van der Waals surface area contributed by atoms with Crippen molar-refractivity contribution in [2.75, 3.05) is 18.0 Å². The molecule has 8 heteroatoms. The van der Waals surface area contributed by atoms with Crippen LogP contribution in [0.1, 0.15) is 40.9 Å². The molecular weight excluding hydrogens is 345 g/mol. The minimum Gasteiger partial charge on any atom is -0.367 e. The molecule has 5 N–H and O–H groups in total. The maximum absolute atomic E-state index is 15.0. The van der Waals surface area contributed by atoms with Gasteiger partial charge in [0.1, 0.15) is 5.82 Å². The number of amides is 1. The van der Waals surface area contributed by atoms with E-state index in [-0.39, 0.29) is 30.1 Å². The average Bonchev–Trinajstić information content (AvgIpc) is 2.91. The molecule has 26 heavy (non-hydrogen) atoms. The quantitative estimate of drug-likeness (QED) is 0.763. The van der Waals surface area contributed by atoms with Crippen LogP contribution in [0, 0.1) is 5.82 Å². The molecule has 1 unspecified atom stereocenters. The third-order valence-corrected chi connectivity index (χ3v) is 5.41. The second-order valence-electron chi connectivity index (χ2n) is 7.33. The van der Waals surface area contributed by atoms with Gasteiger partial charge in [-0.15, -0.1) is 0 Å². The van der Waals surface area contributed by atoms with Gasteiger partial charge in [-0.2, -0.15) is 0 Å². The number of hydrogen-bond donors (Lipinski definition) is 3. The Balaban J connectivity index is 1.99. The fraction of sp³-hybridized carbons (Fsp3) is 0.500. The summed E-state index contributed by atoms with van der Waals surface area (Å²) in [5.74, 6) is -4.27. The highest BCUT2D eigenvalue weighted by Crippen LogP contribution is 2.43. The number of nitrogens with two attached hydrogens (primary N) is 2. The second kappa shape index (κ2) is 5.90. The number of halogens is 3. The van der Waals surface area contributed by atoms with Crippen molar-refractivity contribution in [3.05, 3.63) is 28.7 Å². The summed E-state index contributed by atoms with van der Waals surface area (Å²) in [5.41, 5.74) is 13.0. The lowest BCUT2D eigenvalue weighted by atomic mass is 9.91. The first kappa shape index (κ1) is 17.2. The molecule has 2 aromatic rings. The zero-order chi connectivity index (χ0) is 18.6. The third-order valence-electron chi connectivity index (χ3n) is 5.41. The lowest BCUT2D eigenvalue weighted by Gasteiger charge is -2.34. The third kappa shape index (κ3) is 2.72. The molecule has 1 amide bonds. The van der Waals surface area contributed by atoms with Gasteiger partial charge in [-0.25, -0.2) is 13.2 Å².